The maximum Gasteiger partial charge on any atom is 0.276 e. The minimum Gasteiger partial charge on any atom is -0.497 e. The van der Waals surface area contributed by atoms with E-state index < -0.39 is 0 Å². The number of carbonyl (C=O) groups is 2. The van der Waals surface area contributed by atoms with Gasteiger partial charge < -0.3 is 19.5 Å². The molecule has 4 rings (SSSR count). The molecule has 0 radical (unpaired) electrons. The van der Waals surface area contributed by atoms with Crippen LogP contribution in [-0.4, -0.2) is 48.6 Å². The first-order chi connectivity index (χ1) is 15.0. The molecule has 2 heterocycles. The van der Waals surface area contributed by atoms with Crippen molar-refractivity contribution in [3.8, 4) is 5.75 Å². The Labute approximate surface area is 183 Å². The van der Waals surface area contributed by atoms with E-state index in [9.17, 15) is 9.59 Å². The molecule has 1 aromatic heterocycles. The highest BCUT2D eigenvalue weighted by Gasteiger charge is 2.58. The van der Waals surface area contributed by atoms with Crippen LogP contribution in [0.2, 0.25) is 0 Å². The number of hydrogen-bond donors (Lipinski definition) is 1. The SMILES string of the molecule is CCCc1cc(C(=O)N2CCC3(CC2)CC3C(=O)NCCc2cccc(OC)c2)no1. The van der Waals surface area contributed by atoms with Crippen LogP contribution in [0.15, 0.2) is 34.9 Å². The van der Waals surface area contributed by atoms with Crippen molar-refractivity contribution in [1.82, 2.24) is 15.4 Å². The summed E-state index contributed by atoms with van der Waals surface area (Å²) in [5.74, 6) is 1.73. The Balaban J connectivity index is 1.22. The largest absolute Gasteiger partial charge is 0.497 e. The third kappa shape index (κ3) is 4.75. The van der Waals surface area contributed by atoms with Crippen molar-refractivity contribution in [2.45, 2.75) is 45.4 Å². The quantitative estimate of drug-likeness (QED) is 0.702. The number of likely N-dealkylation sites (tertiary alicyclic amines) is 1. The average Bonchev–Trinajstić information content (AvgIpc) is 3.28. The first-order valence-electron chi connectivity index (χ1n) is 11.2. The van der Waals surface area contributed by atoms with E-state index in [1.54, 1.807) is 13.2 Å². The van der Waals surface area contributed by atoms with E-state index in [-0.39, 0.29) is 23.1 Å². The molecule has 1 aliphatic heterocycles. The van der Waals surface area contributed by atoms with Crippen molar-refractivity contribution in [3.05, 3.63) is 47.3 Å². The molecule has 1 unspecified atom stereocenters. The number of methoxy groups -OCH3 is 1. The lowest BCUT2D eigenvalue weighted by Crippen LogP contribution is -2.41. The van der Waals surface area contributed by atoms with Crippen LogP contribution in [0.5, 0.6) is 5.75 Å². The summed E-state index contributed by atoms with van der Waals surface area (Å²) in [6.07, 6.45) is 5.18. The second-order valence-corrected chi connectivity index (χ2v) is 8.73. The van der Waals surface area contributed by atoms with Gasteiger partial charge in [0.25, 0.3) is 5.91 Å². The number of hydrogen-bond acceptors (Lipinski definition) is 5. The summed E-state index contributed by atoms with van der Waals surface area (Å²) in [4.78, 5) is 27.2. The number of amides is 2. The van der Waals surface area contributed by atoms with E-state index >= 15 is 0 Å². The predicted octanol–water partition coefficient (Wildman–Crippen LogP) is 3.24. The van der Waals surface area contributed by atoms with Gasteiger partial charge in [-0.1, -0.05) is 24.2 Å². The number of aromatic nitrogens is 1. The van der Waals surface area contributed by atoms with Gasteiger partial charge >= 0.3 is 0 Å². The van der Waals surface area contributed by atoms with E-state index in [1.807, 2.05) is 29.2 Å². The molecular weight excluding hydrogens is 394 g/mol. The molecule has 0 bridgehead atoms. The number of nitrogens with zero attached hydrogens (tertiary/aromatic N) is 2. The summed E-state index contributed by atoms with van der Waals surface area (Å²) in [5.41, 5.74) is 1.60. The zero-order valence-electron chi connectivity index (χ0n) is 18.4. The highest BCUT2D eigenvalue weighted by atomic mass is 16.5. The first-order valence-corrected chi connectivity index (χ1v) is 11.2. The molecule has 2 fully saturated rings. The Hall–Kier alpha value is -2.83. The number of piperidine rings is 1. The van der Waals surface area contributed by atoms with E-state index in [0.29, 0.717) is 25.3 Å². The third-order valence-electron chi connectivity index (χ3n) is 6.67. The first kappa shape index (κ1) is 21.4. The lowest BCUT2D eigenvalue weighted by atomic mass is 9.90. The van der Waals surface area contributed by atoms with Crippen molar-refractivity contribution in [2.24, 2.45) is 11.3 Å². The topological polar surface area (TPSA) is 84.7 Å². The highest BCUT2D eigenvalue weighted by molar-refractivity contribution is 5.92. The lowest BCUT2D eigenvalue weighted by molar-refractivity contribution is -0.123. The lowest BCUT2D eigenvalue weighted by Gasteiger charge is -2.32. The summed E-state index contributed by atoms with van der Waals surface area (Å²) in [6, 6.07) is 9.67. The molecule has 7 heteroatoms. The maximum atomic E-state index is 12.7. The fourth-order valence-electron chi connectivity index (χ4n) is 4.65. The second-order valence-electron chi connectivity index (χ2n) is 8.73. The number of nitrogens with one attached hydrogen (secondary N) is 1. The maximum absolute atomic E-state index is 12.7. The number of aryl methyl sites for hydroxylation is 1. The Morgan fingerprint density at radius 1 is 1.26 bits per heavy atom. The number of rotatable bonds is 8. The van der Waals surface area contributed by atoms with Gasteiger partial charge in [0.15, 0.2) is 5.69 Å². The van der Waals surface area contributed by atoms with Gasteiger partial charge in [0.2, 0.25) is 5.91 Å². The molecule has 31 heavy (non-hydrogen) atoms. The molecule has 1 aromatic carbocycles. The fraction of sp³-hybridized carbons (Fsp3) is 0.542. The second kappa shape index (κ2) is 9.12. The van der Waals surface area contributed by atoms with E-state index in [4.69, 9.17) is 9.26 Å². The van der Waals surface area contributed by atoms with Crippen LogP contribution in [0.3, 0.4) is 0 Å². The molecule has 1 aliphatic carbocycles. The molecule has 2 amide bonds. The van der Waals surface area contributed by atoms with Gasteiger partial charge in [-0.25, -0.2) is 0 Å². The van der Waals surface area contributed by atoms with Crippen LogP contribution >= 0.6 is 0 Å². The van der Waals surface area contributed by atoms with Crippen molar-refractivity contribution in [3.63, 3.8) is 0 Å². The monoisotopic (exact) mass is 425 g/mol. The molecule has 1 saturated heterocycles. The number of ether oxygens (including phenoxy) is 1. The Bertz CT molecular complexity index is 930. The van der Waals surface area contributed by atoms with Crippen molar-refractivity contribution in [2.75, 3.05) is 26.7 Å². The molecule has 1 spiro atoms. The summed E-state index contributed by atoms with van der Waals surface area (Å²) >= 11 is 0. The molecule has 1 atom stereocenters. The Morgan fingerprint density at radius 3 is 2.81 bits per heavy atom. The van der Waals surface area contributed by atoms with Gasteiger partial charge in [-0.15, -0.1) is 0 Å². The van der Waals surface area contributed by atoms with Crippen LogP contribution in [0.1, 0.15) is 54.4 Å². The molecule has 2 aliphatic rings. The third-order valence-corrected chi connectivity index (χ3v) is 6.67. The molecule has 2 aromatic rings. The van der Waals surface area contributed by atoms with E-state index in [2.05, 4.69) is 17.4 Å². The van der Waals surface area contributed by atoms with Crippen LogP contribution in [0.25, 0.3) is 0 Å². The smallest absolute Gasteiger partial charge is 0.276 e. The Morgan fingerprint density at radius 2 is 2.06 bits per heavy atom. The van der Waals surface area contributed by atoms with Gasteiger partial charge in [0.1, 0.15) is 11.5 Å². The van der Waals surface area contributed by atoms with Crippen molar-refractivity contribution in [1.29, 1.82) is 0 Å². The summed E-state index contributed by atoms with van der Waals surface area (Å²) in [7, 11) is 1.65. The Kier molecular flexibility index (Phi) is 6.30. The van der Waals surface area contributed by atoms with Crippen LogP contribution < -0.4 is 10.1 Å². The van der Waals surface area contributed by atoms with Crippen molar-refractivity contribution >= 4 is 11.8 Å². The average molecular weight is 426 g/mol. The predicted molar refractivity (Wildman–Crippen MR) is 116 cm³/mol. The molecule has 1 N–H and O–H groups in total. The van der Waals surface area contributed by atoms with E-state index in [0.717, 1.165) is 55.6 Å². The summed E-state index contributed by atoms with van der Waals surface area (Å²) in [6.45, 7) is 4.02. The van der Waals surface area contributed by atoms with Gasteiger partial charge in [-0.2, -0.15) is 0 Å². The van der Waals surface area contributed by atoms with Crippen LogP contribution in [0, 0.1) is 11.3 Å². The summed E-state index contributed by atoms with van der Waals surface area (Å²) in [5, 5.41) is 7.03. The van der Waals surface area contributed by atoms with Gasteiger partial charge in [-0.3, -0.25) is 9.59 Å². The van der Waals surface area contributed by atoms with Crippen molar-refractivity contribution < 1.29 is 18.8 Å². The minimum atomic E-state index is -0.0686. The molecule has 7 nitrogen and oxygen atoms in total. The van der Waals surface area contributed by atoms with E-state index in [1.165, 1.54) is 0 Å². The number of benzene rings is 1. The molecule has 1 saturated carbocycles. The van der Waals surface area contributed by atoms with Gasteiger partial charge in [0, 0.05) is 38.0 Å². The molecule has 166 valence electrons. The normalized spacial score (nSPS) is 19.3. The minimum absolute atomic E-state index is 0.0635. The highest BCUT2D eigenvalue weighted by Crippen LogP contribution is 2.59. The zero-order chi connectivity index (χ0) is 21.8. The summed E-state index contributed by atoms with van der Waals surface area (Å²) < 4.78 is 10.5. The van der Waals surface area contributed by atoms with Crippen LogP contribution in [0.4, 0.5) is 0 Å². The van der Waals surface area contributed by atoms with Gasteiger partial charge in [0.05, 0.1) is 7.11 Å². The van der Waals surface area contributed by atoms with Crippen LogP contribution in [-0.2, 0) is 17.6 Å². The zero-order valence-corrected chi connectivity index (χ0v) is 18.4. The fourth-order valence-corrected chi connectivity index (χ4v) is 4.65. The number of carbonyl (C=O) groups excluding carboxylic acids is 2. The standard InChI is InChI=1S/C24H31N3O4/c1-3-5-19-15-21(26-31-19)23(29)27-12-9-24(10-13-27)16-20(24)22(28)25-11-8-17-6-4-7-18(14-17)30-2/h4,6-7,14-15,20H,3,5,8-13,16H2,1-2H3,(H,25,28). The molecular formula is C24H31N3O4. The van der Waals surface area contributed by atoms with Gasteiger partial charge in [-0.05, 0) is 55.2 Å².